The molecule has 1 rings (SSSR count). The minimum atomic E-state index is 0. The van der Waals surface area contributed by atoms with Gasteiger partial charge in [0.15, 0.2) is 0 Å². The third kappa shape index (κ3) is 2.82. The van der Waals surface area contributed by atoms with Crippen LogP contribution < -0.4 is 4.72 Å². The van der Waals surface area contributed by atoms with Gasteiger partial charge in [-0.25, -0.2) is 0 Å². The van der Waals surface area contributed by atoms with E-state index in [-0.39, 0.29) is 12.4 Å². The van der Waals surface area contributed by atoms with Crippen LogP contribution in [-0.4, -0.2) is 0 Å². The Morgan fingerprint density at radius 1 is 1.31 bits per heavy atom. The number of benzene rings is 1. The predicted octanol–water partition coefficient (Wildman–Crippen LogP) is 3.80. The number of rotatable bonds is 2. The normalized spacial score (nSPS) is 9.62. The first-order valence-electron chi connectivity index (χ1n) is 4.16. The van der Waals surface area contributed by atoms with Crippen LogP contribution in [0.2, 0.25) is 0 Å². The first-order chi connectivity index (χ1) is 5.66. The lowest BCUT2D eigenvalue weighted by atomic mass is 9.96. The maximum Gasteiger partial charge on any atom is 0.0475 e. The van der Waals surface area contributed by atoms with Crippen molar-refractivity contribution in [1.82, 2.24) is 0 Å². The maximum absolute atomic E-state index is 4.07. The Kier molecular flexibility index (Phi) is 5.26. The fourth-order valence-electron chi connectivity index (χ4n) is 1.54. The lowest BCUT2D eigenvalue weighted by molar-refractivity contribution is 0.860. The molecule has 0 radical (unpaired) electrons. The summed E-state index contributed by atoms with van der Waals surface area (Å²) in [6.07, 6.45) is 0. The predicted molar refractivity (Wildman–Crippen MR) is 65.1 cm³/mol. The molecular formula is C10H16ClNS. The van der Waals surface area contributed by atoms with Crippen molar-refractivity contribution in [2.45, 2.75) is 26.7 Å². The molecule has 3 heteroatoms. The second kappa shape index (κ2) is 5.40. The molecule has 0 aromatic heterocycles. The fourth-order valence-corrected chi connectivity index (χ4v) is 1.74. The highest BCUT2D eigenvalue weighted by atomic mass is 35.5. The number of halogens is 1. The van der Waals surface area contributed by atoms with Gasteiger partial charge in [-0.15, -0.1) is 12.4 Å². The molecular weight excluding hydrogens is 202 g/mol. The highest BCUT2D eigenvalue weighted by Crippen LogP contribution is 2.27. The number of thiol groups is 1. The average molecular weight is 218 g/mol. The zero-order valence-corrected chi connectivity index (χ0v) is 9.88. The zero-order chi connectivity index (χ0) is 9.14. The molecule has 0 amide bonds. The van der Waals surface area contributed by atoms with Gasteiger partial charge in [-0.1, -0.05) is 38.8 Å². The number of hydrogen-bond acceptors (Lipinski definition) is 2. The third-order valence-electron chi connectivity index (χ3n) is 2.02. The minimum Gasteiger partial charge on any atom is -0.332 e. The van der Waals surface area contributed by atoms with Gasteiger partial charge in [0.25, 0.3) is 0 Å². The summed E-state index contributed by atoms with van der Waals surface area (Å²) in [5.74, 6) is 0.542. The average Bonchev–Trinajstić information content (AvgIpc) is 2.03. The second-order valence-corrected chi connectivity index (χ2v) is 3.53. The molecule has 74 valence electrons. The van der Waals surface area contributed by atoms with E-state index >= 15 is 0 Å². The molecule has 0 bridgehead atoms. The summed E-state index contributed by atoms with van der Waals surface area (Å²) in [4.78, 5) is 0. The van der Waals surface area contributed by atoms with Crippen LogP contribution in [0.1, 0.15) is 30.9 Å². The molecule has 0 aliphatic rings. The van der Waals surface area contributed by atoms with Crippen molar-refractivity contribution in [3.8, 4) is 0 Å². The molecule has 13 heavy (non-hydrogen) atoms. The van der Waals surface area contributed by atoms with E-state index in [2.05, 4.69) is 50.4 Å². The Morgan fingerprint density at radius 2 is 1.92 bits per heavy atom. The highest BCUT2D eigenvalue weighted by Gasteiger charge is 2.07. The number of hydrogen-bond donors (Lipinski definition) is 2. The molecule has 1 aromatic rings. The lowest BCUT2D eigenvalue weighted by Crippen LogP contribution is -1.96. The van der Waals surface area contributed by atoms with Gasteiger partial charge in [0.05, 0.1) is 0 Å². The van der Waals surface area contributed by atoms with Gasteiger partial charge in [0, 0.05) is 5.69 Å². The van der Waals surface area contributed by atoms with Crippen molar-refractivity contribution < 1.29 is 0 Å². The van der Waals surface area contributed by atoms with Gasteiger partial charge < -0.3 is 4.72 Å². The first kappa shape index (κ1) is 12.7. The molecule has 1 nitrogen and oxygen atoms in total. The van der Waals surface area contributed by atoms with Crippen LogP contribution >= 0.6 is 25.2 Å². The van der Waals surface area contributed by atoms with Crippen molar-refractivity contribution in [1.29, 1.82) is 0 Å². The summed E-state index contributed by atoms with van der Waals surface area (Å²) in [5.41, 5.74) is 3.80. The zero-order valence-electron chi connectivity index (χ0n) is 8.16. The maximum atomic E-state index is 4.07. The lowest BCUT2D eigenvalue weighted by Gasteiger charge is -2.14. The van der Waals surface area contributed by atoms with Gasteiger partial charge in [0.2, 0.25) is 0 Å². The summed E-state index contributed by atoms with van der Waals surface area (Å²) >= 11 is 4.07. The molecule has 0 aliphatic carbocycles. The Hall–Kier alpha value is -0.340. The SMILES string of the molecule is Cc1cccc(NS)c1C(C)C.Cl. The van der Waals surface area contributed by atoms with Crippen molar-refractivity contribution in [2.75, 3.05) is 4.72 Å². The summed E-state index contributed by atoms with van der Waals surface area (Å²) in [5, 5.41) is 0. The van der Waals surface area contributed by atoms with E-state index in [1.807, 2.05) is 6.07 Å². The number of anilines is 1. The standard InChI is InChI=1S/C10H15NS.ClH/c1-7(2)10-8(3)5-4-6-9(10)11-12;/h4-7,11-12H,1-3H3;1H. The fraction of sp³-hybridized carbons (Fsp3) is 0.400. The van der Waals surface area contributed by atoms with Gasteiger partial charge in [-0.3, -0.25) is 0 Å². The topological polar surface area (TPSA) is 12.0 Å². The summed E-state index contributed by atoms with van der Waals surface area (Å²) < 4.78 is 2.91. The molecule has 1 N–H and O–H groups in total. The Labute approximate surface area is 91.9 Å². The molecule has 0 saturated carbocycles. The van der Waals surface area contributed by atoms with Gasteiger partial charge in [-0.2, -0.15) is 0 Å². The molecule has 0 unspecified atom stereocenters. The quantitative estimate of drug-likeness (QED) is 0.719. The van der Waals surface area contributed by atoms with Crippen molar-refractivity contribution in [3.05, 3.63) is 29.3 Å². The van der Waals surface area contributed by atoms with E-state index in [0.29, 0.717) is 5.92 Å². The second-order valence-electron chi connectivity index (χ2n) is 3.30. The largest absolute Gasteiger partial charge is 0.332 e. The molecule has 0 atom stereocenters. The Bertz CT molecular complexity index is 274. The molecule has 0 saturated heterocycles. The van der Waals surface area contributed by atoms with E-state index in [0.717, 1.165) is 5.69 Å². The van der Waals surface area contributed by atoms with Crippen molar-refractivity contribution >= 4 is 30.9 Å². The van der Waals surface area contributed by atoms with Crippen LogP contribution in [0.3, 0.4) is 0 Å². The van der Waals surface area contributed by atoms with Crippen LogP contribution in [0.4, 0.5) is 5.69 Å². The van der Waals surface area contributed by atoms with Crippen molar-refractivity contribution in [2.24, 2.45) is 0 Å². The van der Waals surface area contributed by atoms with Crippen LogP contribution in [0, 0.1) is 6.92 Å². The van der Waals surface area contributed by atoms with Crippen molar-refractivity contribution in [3.63, 3.8) is 0 Å². The van der Waals surface area contributed by atoms with E-state index in [4.69, 9.17) is 0 Å². The molecule has 0 spiro atoms. The molecule has 0 aliphatic heterocycles. The monoisotopic (exact) mass is 217 g/mol. The Balaban J connectivity index is 0.00000144. The number of nitrogens with one attached hydrogen (secondary N) is 1. The number of aryl methyl sites for hydroxylation is 1. The summed E-state index contributed by atoms with van der Waals surface area (Å²) in [6.45, 7) is 6.51. The van der Waals surface area contributed by atoms with Gasteiger partial charge >= 0.3 is 0 Å². The van der Waals surface area contributed by atoms with Crippen LogP contribution in [0.25, 0.3) is 0 Å². The van der Waals surface area contributed by atoms with Crippen LogP contribution in [0.5, 0.6) is 0 Å². The molecule has 0 heterocycles. The third-order valence-corrected chi connectivity index (χ3v) is 2.26. The first-order valence-corrected chi connectivity index (χ1v) is 4.61. The summed E-state index contributed by atoms with van der Waals surface area (Å²) in [6, 6.07) is 6.22. The van der Waals surface area contributed by atoms with Gasteiger partial charge in [0.1, 0.15) is 0 Å². The smallest absolute Gasteiger partial charge is 0.0475 e. The van der Waals surface area contributed by atoms with Crippen LogP contribution in [0.15, 0.2) is 18.2 Å². The van der Waals surface area contributed by atoms with Gasteiger partial charge in [-0.05, 0) is 30.0 Å². The molecule has 1 aromatic carbocycles. The van der Waals surface area contributed by atoms with Crippen LogP contribution in [-0.2, 0) is 0 Å². The van der Waals surface area contributed by atoms with E-state index in [1.54, 1.807) is 0 Å². The minimum absolute atomic E-state index is 0. The summed E-state index contributed by atoms with van der Waals surface area (Å²) in [7, 11) is 0. The highest BCUT2D eigenvalue weighted by molar-refractivity contribution is 7.81. The van der Waals surface area contributed by atoms with E-state index < -0.39 is 0 Å². The Morgan fingerprint density at radius 3 is 2.31 bits per heavy atom. The molecule has 0 fully saturated rings. The van der Waals surface area contributed by atoms with E-state index in [9.17, 15) is 0 Å². The van der Waals surface area contributed by atoms with E-state index in [1.165, 1.54) is 11.1 Å².